The first-order valence-corrected chi connectivity index (χ1v) is 10.1. The molecule has 28 heavy (non-hydrogen) atoms. The molecule has 2 amide bonds. The van der Waals surface area contributed by atoms with Crippen molar-refractivity contribution in [3.8, 4) is 0 Å². The minimum absolute atomic E-state index is 0.0145. The van der Waals surface area contributed by atoms with E-state index in [1.54, 1.807) is 20.8 Å². The molecule has 0 bridgehead atoms. The Kier molecular flexibility index (Phi) is 8.13. The number of nitrogens with one attached hydrogen (secondary N) is 2. The molecule has 10 heteroatoms. The summed E-state index contributed by atoms with van der Waals surface area (Å²) >= 11 is 0. The molecule has 0 heterocycles. The van der Waals surface area contributed by atoms with Gasteiger partial charge in [0.1, 0.15) is 5.60 Å². The topological polar surface area (TPSA) is 122 Å². The van der Waals surface area contributed by atoms with Crippen LogP contribution in [-0.2, 0) is 19.6 Å². The summed E-state index contributed by atoms with van der Waals surface area (Å²) in [6.45, 7) is 6.47. The van der Waals surface area contributed by atoms with Crippen LogP contribution in [0.2, 0.25) is 0 Å². The zero-order chi connectivity index (χ0) is 21.5. The third-order valence-electron chi connectivity index (χ3n) is 3.45. The summed E-state index contributed by atoms with van der Waals surface area (Å²) in [5, 5.41) is 5.00. The quantitative estimate of drug-likeness (QED) is 0.487. The van der Waals surface area contributed by atoms with E-state index in [-0.39, 0.29) is 30.3 Å². The largest absolute Gasteiger partial charge is 0.444 e. The van der Waals surface area contributed by atoms with Gasteiger partial charge in [-0.05, 0) is 39.8 Å². The number of hydrogen-bond acceptors (Lipinski definition) is 6. The van der Waals surface area contributed by atoms with Gasteiger partial charge in [0.05, 0.1) is 11.4 Å². The molecule has 0 spiro atoms. The Bertz CT molecular complexity index is 813. The number of alkyl carbamates (subject to hydrolysis) is 1. The van der Waals surface area contributed by atoms with Crippen molar-refractivity contribution in [2.45, 2.75) is 38.2 Å². The maximum Gasteiger partial charge on any atom is 0.407 e. The lowest BCUT2D eigenvalue weighted by Crippen LogP contribution is -2.42. The molecule has 0 radical (unpaired) electrons. The minimum Gasteiger partial charge on any atom is -0.444 e. The summed E-state index contributed by atoms with van der Waals surface area (Å²) in [5.41, 5.74) is -0.218. The van der Waals surface area contributed by atoms with Crippen LogP contribution in [-0.4, -0.2) is 62.8 Å². The number of nitrogens with zero attached hydrogens (tertiary/aromatic N) is 1. The van der Waals surface area contributed by atoms with E-state index in [4.69, 9.17) is 4.74 Å². The molecule has 0 atom stereocenters. The van der Waals surface area contributed by atoms with E-state index in [9.17, 15) is 22.8 Å². The molecule has 2 N–H and O–H groups in total. The Hall–Kier alpha value is -2.46. The Labute approximate surface area is 165 Å². The van der Waals surface area contributed by atoms with Crippen molar-refractivity contribution in [2.24, 2.45) is 0 Å². The highest BCUT2D eigenvalue weighted by molar-refractivity contribution is 7.89. The number of amides is 2. The highest BCUT2D eigenvalue weighted by Crippen LogP contribution is 2.15. The van der Waals surface area contributed by atoms with E-state index in [0.29, 0.717) is 5.56 Å². The number of carbonyl (C=O) groups is 3. The molecule has 0 aliphatic heterocycles. The molecule has 1 rings (SSSR count). The van der Waals surface area contributed by atoms with Crippen LogP contribution >= 0.6 is 0 Å². The van der Waals surface area contributed by atoms with Crippen molar-refractivity contribution in [3.05, 3.63) is 29.8 Å². The molecule has 156 valence electrons. The molecule has 1 aromatic carbocycles. The van der Waals surface area contributed by atoms with Crippen LogP contribution < -0.4 is 10.6 Å². The summed E-state index contributed by atoms with van der Waals surface area (Å²) in [6, 6.07) is 5.49. The van der Waals surface area contributed by atoms with E-state index < -0.39 is 27.6 Å². The van der Waals surface area contributed by atoms with E-state index in [1.807, 2.05) is 0 Å². The first kappa shape index (κ1) is 23.6. The maximum absolute atomic E-state index is 12.5. The second kappa shape index (κ2) is 9.65. The van der Waals surface area contributed by atoms with Crippen molar-refractivity contribution < 1.29 is 27.5 Å². The summed E-state index contributed by atoms with van der Waals surface area (Å²) in [7, 11) is -2.58. The number of rotatable bonds is 8. The predicted octanol–water partition coefficient (Wildman–Crippen LogP) is 1.15. The fraction of sp³-hybridized carbons (Fsp3) is 0.500. The van der Waals surface area contributed by atoms with Gasteiger partial charge in [0, 0.05) is 25.7 Å². The fourth-order valence-corrected chi connectivity index (χ4v) is 3.19. The zero-order valence-electron chi connectivity index (χ0n) is 16.7. The summed E-state index contributed by atoms with van der Waals surface area (Å²) in [4.78, 5) is 34.7. The summed E-state index contributed by atoms with van der Waals surface area (Å²) < 4.78 is 30.9. The Morgan fingerprint density at radius 2 is 1.57 bits per heavy atom. The van der Waals surface area contributed by atoms with Crippen LogP contribution in [0, 0.1) is 0 Å². The van der Waals surface area contributed by atoms with Crippen molar-refractivity contribution in [1.82, 2.24) is 14.9 Å². The van der Waals surface area contributed by atoms with Gasteiger partial charge in [-0.1, -0.05) is 12.1 Å². The summed E-state index contributed by atoms with van der Waals surface area (Å²) in [6.07, 6.45) is -0.601. The van der Waals surface area contributed by atoms with Crippen LogP contribution in [0.4, 0.5) is 4.79 Å². The molecule has 0 unspecified atom stereocenters. The van der Waals surface area contributed by atoms with Crippen LogP contribution in [0.3, 0.4) is 0 Å². The SMILES string of the molecule is CC(=O)c1ccc(S(=O)(=O)N(C)CC(=O)NCCNC(=O)OC(C)(C)C)cc1. The molecule has 0 saturated heterocycles. The molecule has 1 aromatic rings. The second-order valence-electron chi connectivity index (χ2n) is 7.12. The third-order valence-corrected chi connectivity index (χ3v) is 5.27. The van der Waals surface area contributed by atoms with Crippen LogP contribution in [0.5, 0.6) is 0 Å². The molecular weight excluding hydrogens is 386 g/mol. The normalized spacial score (nSPS) is 11.8. The number of sulfonamides is 1. The predicted molar refractivity (Wildman–Crippen MR) is 104 cm³/mol. The lowest BCUT2D eigenvalue weighted by atomic mass is 10.2. The first-order valence-electron chi connectivity index (χ1n) is 8.64. The summed E-state index contributed by atoms with van der Waals surface area (Å²) in [5.74, 6) is -0.686. The molecule has 0 aliphatic rings. The standard InChI is InChI=1S/C18H27N3O6S/c1-13(22)14-6-8-15(9-7-14)28(25,26)21(5)12-16(23)19-10-11-20-17(24)27-18(2,3)4/h6-9H,10-12H2,1-5H3,(H,19,23)(H,20,24). The average molecular weight is 413 g/mol. The minimum atomic E-state index is -3.87. The van der Waals surface area contributed by atoms with Gasteiger partial charge in [0.2, 0.25) is 15.9 Å². The zero-order valence-corrected chi connectivity index (χ0v) is 17.6. The third kappa shape index (κ3) is 7.65. The van der Waals surface area contributed by atoms with E-state index in [2.05, 4.69) is 10.6 Å². The van der Waals surface area contributed by atoms with Gasteiger partial charge in [-0.3, -0.25) is 9.59 Å². The van der Waals surface area contributed by atoms with E-state index in [1.165, 1.54) is 38.2 Å². The lowest BCUT2D eigenvalue weighted by molar-refractivity contribution is -0.121. The lowest BCUT2D eigenvalue weighted by Gasteiger charge is -2.20. The molecule has 0 fully saturated rings. The van der Waals surface area contributed by atoms with Crippen LogP contribution in [0.15, 0.2) is 29.2 Å². The number of carbonyl (C=O) groups excluding carboxylic acids is 3. The number of ketones is 1. The molecule has 0 aromatic heterocycles. The Morgan fingerprint density at radius 3 is 2.07 bits per heavy atom. The Morgan fingerprint density at radius 1 is 1.04 bits per heavy atom. The molecular formula is C18H27N3O6S. The van der Waals surface area contributed by atoms with Gasteiger partial charge >= 0.3 is 6.09 Å². The fourth-order valence-electron chi connectivity index (χ4n) is 2.07. The van der Waals surface area contributed by atoms with Crippen molar-refractivity contribution >= 4 is 27.8 Å². The highest BCUT2D eigenvalue weighted by Gasteiger charge is 2.23. The molecule has 0 saturated carbocycles. The van der Waals surface area contributed by atoms with Gasteiger partial charge in [-0.25, -0.2) is 13.2 Å². The monoisotopic (exact) mass is 413 g/mol. The molecule has 9 nitrogen and oxygen atoms in total. The van der Waals surface area contributed by atoms with Gasteiger partial charge in [-0.15, -0.1) is 0 Å². The maximum atomic E-state index is 12.5. The highest BCUT2D eigenvalue weighted by atomic mass is 32.2. The number of benzene rings is 1. The van der Waals surface area contributed by atoms with Gasteiger partial charge in [0.15, 0.2) is 5.78 Å². The number of Topliss-reactive ketones (excluding diaryl/α,β-unsaturated/α-hetero) is 1. The first-order chi connectivity index (χ1) is 12.8. The van der Waals surface area contributed by atoms with Gasteiger partial charge in [0.25, 0.3) is 0 Å². The van der Waals surface area contributed by atoms with Crippen molar-refractivity contribution in [2.75, 3.05) is 26.7 Å². The Balaban J connectivity index is 2.50. The number of ether oxygens (including phenoxy) is 1. The number of hydrogen-bond donors (Lipinski definition) is 2. The smallest absolute Gasteiger partial charge is 0.407 e. The van der Waals surface area contributed by atoms with Crippen LogP contribution in [0.1, 0.15) is 38.1 Å². The second-order valence-corrected chi connectivity index (χ2v) is 9.17. The number of likely N-dealkylation sites (N-methyl/N-ethyl adjacent to an activating group) is 1. The van der Waals surface area contributed by atoms with E-state index >= 15 is 0 Å². The van der Waals surface area contributed by atoms with Gasteiger partial charge in [-0.2, -0.15) is 4.31 Å². The molecule has 0 aliphatic carbocycles. The van der Waals surface area contributed by atoms with E-state index in [0.717, 1.165) is 4.31 Å². The van der Waals surface area contributed by atoms with Crippen LogP contribution in [0.25, 0.3) is 0 Å². The van der Waals surface area contributed by atoms with Gasteiger partial charge < -0.3 is 15.4 Å². The average Bonchev–Trinajstić information content (AvgIpc) is 2.57. The van der Waals surface area contributed by atoms with Crippen molar-refractivity contribution in [3.63, 3.8) is 0 Å². The van der Waals surface area contributed by atoms with Crippen molar-refractivity contribution in [1.29, 1.82) is 0 Å².